The summed E-state index contributed by atoms with van der Waals surface area (Å²) in [6, 6.07) is 0.881. The number of alkyl halides is 2. The normalized spacial score (nSPS) is 19.4. The Morgan fingerprint density at radius 2 is 2.14 bits per heavy atom. The second-order valence-corrected chi connectivity index (χ2v) is 7.38. The molecule has 1 amide bonds. The van der Waals surface area contributed by atoms with E-state index in [-0.39, 0.29) is 23.3 Å². The van der Waals surface area contributed by atoms with Crippen molar-refractivity contribution < 1.29 is 22.0 Å². The first kappa shape index (κ1) is 18.3. The minimum Gasteiger partial charge on any atom is -0.336 e. The molecule has 5 nitrogen and oxygen atoms in total. The van der Waals surface area contributed by atoms with Crippen molar-refractivity contribution in [2.75, 3.05) is 13.1 Å². The molecule has 1 unspecified atom stereocenters. The molecule has 1 atom stereocenters. The minimum absolute atomic E-state index is 0. The smallest absolute Gasteiger partial charge is 0.336 e. The molecule has 0 saturated carbocycles. The van der Waals surface area contributed by atoms with Gasteiger partial charge < -0.3 is 10.6 Å². The predicted octanol–water partition coefficient (Wildman–Crippen LogP) is 1.73. The molecule has 120 valence electrons. The van der Waals surface area contributed by atoms with Crippen LogP contribution in [0, 0.1) is 0 Å². The summed E-state index contributed by atoms with van der Waals surface area (Å²) in [7, 11) is -4.76. The minimum atomic E-state index is -4.76. The van der Waals surface area contributed by atoms with Gasteiger partial charge in [0.1, 0.15) is 4.88 Å². The van der Waals surface area contributed by atoms with Gasteiger partial charge in [-0.05, 0) is 24.3 Å². The summed E-state index contributed by atoms with van der Waals surface area (Å²) < 4.78 is 48.2. The average molecular weight is 361 g/mol. The Balaban J connectivity index is 0.00000220. The predicted molar refractivity (Wildman–Crippen MR) is 77.9 cm³/mol. The molecular weight excluding hydrogens is 346 g/mol. The number of halogens is 3. The Morgan fingerprint density at radius 1 is 1.48 bits per heavy atom. The summed E-state index contributed by atoms with van der Waals surface area (Å²) in [6.45, 7) is 0.767. The van der Waals surface area contributed by atoms with E-state index in [4.69, 9.17) is 5.73 Å². The maximum absolute atomic E-state index is 12.6. The first-order chi connectivity index (χ1) is 9.34. The van der Waals surface area contributed by atoms with E-state index in [9.17, 15) is 22.0 Å². The van der Waals surface area contributed by atoms with Crippen molar-refractivity contribution in [2.45, 2.75) is 29.5 Å². The number of nitrogens with zero attached hydrogens (tertiary/aromatic N) is 1. The van der Waals surface area contributed by atoms with Gasteiger partial charge >= 0.3 is 5.76 Å². The third-order valence-corrected chi connectivity index (χ3v) is 5.56. The van der Waals surface area contributed by atoms with Gasteiger partial charge in [-0.15, -0.1) is 23.7 Å². The number of hydrogen-bond donors (Lipinski definition) is 1. The topological polar surface area (TPSA) is 80.5 Å². The van der Waals surface area contributed by atoms with Crippen molar-refractivity contribution >= 4 is 39.5 Å². The molecule has 0 radical (unpaired) electrons. The van der Waals surface area contributed by atoms with Crippen molar-refractivity contribution in [1.29, 1.82) is 0 Å². The molecular formula is C11H15ClF2N2O3S2. The van der Waals surface area contributed by atoms with Crippen LogP contribution in [0.2, 0.25) is 0 Å². The van der Waals surface area contributed by atoms with Crippen molar-refractivity contribution in [2.24, 2.45) is 5.73 Å². The highest BCUT2D eigenvalue weighted by Crippen LogP contribution is 2.28. The summed E-state index contributed by atoms with van der Waals surface area (Å²) in [5.74, 6) is -4.08. The molecule has 21 heavy (non-hydrogen) atoms. The van der Waals surface area contributed by atoms with Gasteiger partial charge in [0.2, 0.25) is 9.84 Å². The molecule has 10 heteroatoms. The Hall–Kier alpha value is -0.770. The fourth-order valence-corrected chi connectivity index (χ4v) is 4.24. The maximum atomic E-state index is 12.6. The van der Waals surface area contributed by atoms with Crippen LogP contribution in [0.3, 0.4) is 0 Å². The lowest BCUT2D eigenvalue weighted by Gasteiger charge is -2.30. The summed E-state index contributed by atoms with van der Waals surface area (Å²) in [6.07, 6.45) is 1.51. The zero-order valence-electron chi connectivity index (χ0n) is 10.9. The van der Waals surface area contributed by atoms with Crippen molar-refractivity contribution in [3.63, 3.8) is 0 Å². The van der Waals surface area contributed by atoms with Crippen LogP contribution in [0.1, 0.15) is 22.5 Å². The number of amides is 1. The standard InChI is InChI=1S/C11H14F2N2O3S2.ClH/c12-11(13)20(17,18)8-3-5-19-9(8)10(16)15-4-1-2-7(14)6-15;/h3,5,7,11H,1-2,4,6,14H2;1H. The molecule has 1 fully saturated rings. The van der Waals surface area contributed by atoms with Gasteiger partial charge in [-0.2, -0.15) is 8.78 Å². The number of sulfone groups is 1. The molecule has 2 N–H and O–H groups in total. The molecule has 1 aromatic rings. The van der Waals surface area contributed by atoms with Gasteiger partial charge in [0, 0.05) is 19.1 Å². The summed E-state index contributed by atoms with van der Waals surface area (Å²) >= 11 is 0.852. The Kier molecular flexibility index (Phi) is 6.09. The van der Waals surface area contributed by atoms with E-state index in [0.29, 0.717) is 13.1 Å². The molecule has 0 aliphatic carbocycles. The number of carbonyl (C=O) groups is 1. The molecule has 1 aliphatic rings. The van der Waals surface area contributed by atoms with Crippen LogP contribution in [-0.2, 0) is 9.84 Å². The van der Waals surface area contributed by atoms with Crippen molar-refractivity contribution in [3.8, 4) is 0 Å². The number of thiophene rings is 1. The van der Waals surface area contributed by atoms with Crippen LogP contribution in [-0.4, -0.2) is 44.1 Å². The summed E-state index contributed by atoms with van der Waals surface area (Å²) in [4.78, 5) is 12.9. The molecule has 2 rings (SSSR count). The van der Waals surface area contributed by atoms with E-state index in [2.05, 4.69) is 0 Å². The lowest BCUT2D eigenvalue weighted by atomic mass is 10.1. The van der Waals surface area contributed by atoms with E-state index < -0.39 is 26.4 Å². The van der Waals surface area contributed by atoms with Crippen LogP contribution in [0.25, 0.3) is 0 Å². The van der Waals surface area contributed by atoms with E-state index in [1.165, 1.54) is 10.3 Å². The third kappa shape index (κ3) is 3.71. The van der Waals surface area contributed by atoms with Crippen LogP contribution in [0.4, 0.5) is 8.78 Å². The molecule has 1 aliphatic heterocycles. The van der Waals surface area contributed by atoms with Crippen LogP contribution in [0.15, 0.2) is 16.3 Å². The monoisotopic (exact) mass is 360 g/mol. The third-order valence-electron chi connectivity index (χ3n) is 3.11. The molecule has 0 aromatic carbocycles. The number of hydrogen-bond acceptors (Lipinski definition) is 5. The fraction of sp³-hybridized carbons (Fsp3) is 0.545. The summed E-state index contributed by atoms with van der Waals surface area (Å²) in [5.41, 5.74) is 5.76. The number of piperidine rings is 1. The molecule has 1 saturated heterocycles. The van der Waals surface area contributed by atoms with Gasteiger partial charge in [-0.25, -0.2) is 8.42 Å². The van der Waals surface area contributed by atoms with E-state index in [1.807, 2.05) is 0 Å². The Labute approximate surface area is 131 Å². The van der Waals surface area contributed by atoms with E-state index >= 15 is 0 Å². The molecule has 0 spiro atoms. The highest BCUT2D eigenvalue weighted by molar-refractivity contribution is 7.92. The van der Waals surface area contributed by atoms with Gasteiger partial charge in [0.05, 0.1) is 4.90 Å². The zero-order valence-corrected chi connectivity index (χ0v) is 13.3. The highest BCUT2D eigenvalue weighted by atomic mass is 35.5. The average Bonchev–Trinajstić information content (AvgIpc) is 2.87. The maximum Gasteiger partial charge on any atom is 0.341 e. The van der Waals surface area contributed by atoms with Crippen molar-refractivity contribution in [3.05, 3.63) is 16.3 Å². The Bertz CT molecular complexity index is 606. The van der Waals surface area contributed by atoms with Crippen LogP contribution < -0.4 is 5.73 Å². The van der Waals surface area contributed by atoms with E-state index in [0.717, 1.165) is 30.2 Å². The summed E-state index contributed by atoms with van der Waals surface area (Å²) in [5, 5.41) is 1.33. The lowest BCUT2D eigenvalue weighted by Crippen LogP contribution is -2.45. The number of carbonyl (C=O) groups excluding carboxylic acids is 1. The number of likely N-dealkylation sites (tertiary alicyclic amines) is 1. The first-order valence-electron chi connectivity index (χ1n) is 5.98. The lowest BCUT2D eigenvalue weighted by molar-refractivity contribution is 0.0710. The molecule has 0 bridgehead atoms. The van der Waals surface area contributed by atoms with Gasteiger partial charge in [0.15, 0.2) is 0 Å². The van der Waals surface area contributed by atoms with Crippen molar-refractivity contribution in [1.82, 2.24) is 4.90 Å². The van der Waals surface area contributed by atoms with Crippen LogP contribution in [0.5, 0.6) is 0 Å². The van der Waals surface area contributed by atoms with E-state index in [1.54, 1.807) is 0 Å². The Morgan fingerprint density at radius 3 is 2.71 bits per heavy atom. The van der Waals surface area contributed by atoms with Gasteiger partial charge in [-0.1, -0.05) is 0 Å². The fourth-order valence-electron chi connectivity index (χ4n) is 2.11. The second-order valence-electron chi connectivity index (χ2n) is 4.57. The zero-order chi connectivity index (χ0) is 14.9. The van der Waals surface area contributed by atoms with Gasteiger partial charge in [-0.3, -0.25) is 4.79 Å². The first-order valence-corrected chi connectivity index (χ1v) is 8.41. The SMILES string of the molecule is Cl.NC1CCCN(C(=O)c2sccc2S(=O)(=O)C(F)F)C1. The largest absolute Gasteiger partial charge is 0.341 e. The number of rotatable bonds is 3. The highest BCUT2D eigenvalue weighted by Gasteiger charge is 2.34. The second kappa shape index (κ2) is 6.99. The quantitative estimate of drug-likeness (QED) is 0.890. The molecule has 1 aromatic heterocycles. The molecule has 2 heterocycles. The van der Waals surface area contributed by atoms with Gasteiger partial charge in [0.25, 0.3) is 5.91 Å². The number of nitrogens with two attached hydrogens (primary N) is 1. The van der Waals surface area contributed by atoms with Crippen LogP contribution >= 0.6 is 23.7 Å².